The molecule has 8 heteroatoms. The van der Waals surface area contributed by atoms with Crippen LogP contribution in [-0.2, 0) is 11.0 Å². The van der Waals surface area contributed by atoms with Crippen molar-refractivity contribution in [1.82, 2.24) is 9.80 Å². The number of carbonyl (C=O) groups is 2. The monoisotopic (exact) mass is 434 g/mol. The predicted molar refractivity (Wildman–Crippen MR) is 110 cm³/mol. The Kier molecular flexibility index (Phi) is 6.87. The van der Waals surface area contributed by atoms with Crippen LogP contribution in [0.5, 0.6) is 5.75 Å². The van der Waals surface area contributed by atoms with Gasteiger partial charge in [-0.25, -0.2) is 0 Å². The second-order valence-corrected chi connectivity index (χ2v) is 7.60. The van der Waals surface area contributed by atoms with Crippen LogP contribution in [-0.4, -0.2) is 54.4 Å². The Morgan fingerprint density at radius 1 is 0.935 bits per heavy atom. The summed E-state index contributed by atoms with van der Waals surface area (Å²) >= 11 is 0. The summed E-state index contributed by atoms with van der Waals surface area (Å²) < 4.78 is 45.4. The Bertz CT molecular complexity index is 959. The van der Waals surface area contributed by atoms with E-state index in [9.17, 15) is 22.8 Å². The van der Waals surface area contributed by atoms with Gasteiger partial charge in [-0.2, -0.15) is 13.2 Å². The van der Waals surface area contributed by atoms with E-state index in [4.69, 9.17) is 4.74 Å². The molecule has 1 heterocycles. The molecule has 0 bridgehead atoms. The van der Waals surface area contributed by atoms with Gasteiger partial charge in [-0.1, -0.05) is 18.2 Å². The summed E-state index contributed by atoms with van der Waals surface area (Å²) in [5, 5.41) is 0. The third-order valence-electron chi connectivity index (χ3n) is 5.44. The molecule has 0 spiro atoms. The van der Waals surface area contributed by atoms with Crippen LogP contribution < -0.4 is 4.74 Å². The van der Waals surface area contributed by atoms with Crippen LogP contribution in [0.1, 0.15) is 33.5 Å². The standard InChI is InChI=1S/C23H25F3N2O3/c1-16-8-9-18(14-17(16)2)31-15-21(29)27-10-5-11-28(13-12-27)22(30)19-6-3-4-7-20(19)23(24,25)26/h3-4,6-9,14H,5,10-13,15H2,1-2H3. The minimum atomic E-state index is -4.61. The van der Waals surface area contributed by atoms with Gasteiger partial charge in [0.25, 0.3) is 11.8 Å². The van der Waals surface area contributed by atoms with Gasteiger partial charge >= 0.3 is 6.18 Å². The molecule has 2 aromatic carbocycles. The number of halogens is 3. The molecule has 5 nitrogen and oxygen atoms in total. The van der Waals surface area contributed by atoms with Gasteiger partial charge in [0.15, 0.2) is 6.61 Å². The highest BCUT2D eigenvalue weighted by atomic mass is 19.4. The zero-order valence-electron chi connectivity index (χ0n) is 17.5. The normalized spacial score (nSPS) is 14.9. The molecule has 31 heavy (non-hydrogen) atoms. The number of rotatable bonds is 4. The molecule has 1 saturated heterocycles. The summed E-state index contributed by atoms with van der Waals surface area (Å²) in [6.45, 7) is 4.93. The molecule has 166 valence electrons. The third kappa shape index (κ3) is 5.57. The van der Waals surface area contributed by atoms with E-state index in [1.165, 1.54) is 23.1 Å². The van der Waals surface area contributed by atoms with E-state index in [-0.39, 0.29) is 37.7 Å². The molecule has 0 saturated carbocycles. The molecule has 0 aromatic heterocycles. The maximum atomic E-state index is 13.3. The number of ether oxygens (including phenoxy) is 1. The van der Waals surface area contributed by atoms with E-state index in [0.717, 1.165) is 17.2 Å². The largest absolute Gasteiger partial charge is 0.484 e. The second kappa shape index (κ2) is 9.41. The number of nitrogens with zero attached hydrogens (tertiary/aromatic N) is 2. The zero-order chi connectivity index (χ0) is 22.6. The van der Waals surface area contributed by atoms with Crippen LogP contribution in [0.25, 0.3) is 0 Å². The summed E-state index contributed by atoms with van der Waals surface area (Å²) in [5.74, 6) is -0.288. The predicted octanol–water partition coefficient (Wildman–Crippen LogP) is 4.08. The van der Waals surface area contributed by atoms with E-state index < -0.39 is 17.6 Å². The molecule has 0 radical (unpaired) electrons. The second-order valence-electron chi connectivity index (χ2n) is 7.60. The number of alkyl halides is 3. The topological polar surface area (TPSA) is 49.9 Å². The van der Waals surface area contributed by atoms with Gasteiger partial charge in [-0.15, -0.1) is 0 Å². The Morgan fingerprint density at radius 2 is 1.61 bits per heavy atom. The molecule has 2 amide bonds. The lowest BCUT2D eigenvalue weighted by atomic mass is 10.1. The molecule has 1 aliphatic rings. The van der Waals surface area contributed by atoms with Crippen molar-refractivity contribution < 1.29 is 27.5 Å². The van der Waals surface area contributed by atoms with Crippen LogP contribution in [0, 0.1) is 13.8 Å². The minimum absolute atomic E-state index is 0.132. The highest BCUT2D eigenvalue weighted by molar-refractivity contribution is 5.96. The molecule has 0 atom stereocenters. The van der Waals surface area contributed by atoms with Gasteiger partial charge < -0.3 is 14.5 Å². The van der Waals surface area contributed by atoms with Crippen LogP contribution in [0.3, 0.4) is 0 Å². The molecule has 0 unspecified atom stereocenters. The first-order chi connectivity index (χ1) is 14.7. The number of carbonyl (C=O) groups excluding carboxylic acids is 2. The maximum Gasteiger partial charge on any atom is 0.417 e. The molecule has 3 rings (SSSR count). The first-order valence-electron chi connectivity index (χ1n) is 10.1. The van der Waals surface area contributed by atoms with Crippen molar-refractivity contribution in [2.45, 2.75) is 26.4 Å². The van der Waals surface area contributed by atoms with Crippen molar-refractivity contribution in [2.24, 2.45) is 0 Å². The number of aryl methyl sites for hydroxylation is 2. The highest BCUT2D eigenvalue weighted by Crippen LogP contribution is 2.32. The van der Waals surface area contributed by atoms with Crippen molar-refractivity contribution in [2.75, 3.05) is 32.8 Å². The molecule has 0 aliphatic carbocycles. The van der Waals surface area contributed by atoms with E-state index in [2.05, 4.69) is 0 Å². The Balaban J connectivity index is 1.61. The molecule has 1 aliphatic heterocycles. The van der Waals surface area contributed by atoms with E-state index in [1.54, 1.807) is 11.0 Å². The fraction of sp³-hybridized carbons (Fsp3) is 0.391. The molecular weight excluding hydrogens is 409 g/mol. The Hall–Kier alpha value is -3.03. The summed E-state index contributed by atoms with van der Waals surface area (Å²) in [6, 6.07) is 10.4. The summed E-state index contributed by atoms with van der Waals surface area (Å²) in [6.07, 6.45) is -4.12. The van der Waals surface area contributed by atoms with Gasteiger partial charge in [0, 0.05) is 26.2 Å². The quantitative estimate of drug-likeness (QED) is 0.729. The Labute approximate surface area is 179 Å². The Morgan fingerprint density at radius 3 is 2.32 bits per heavy atom. The van der Waals surface area contributed by atoms with Crippen molar-refractivity contribution in [1.29, 1.82) is 0 Å². The summed E-state index contributed by atoms with van der Waals surface area (Å²) in [7, 11) is 0. The van der Waals surface area contributed by atoms with E-state index in [0.29, 0.717) is 18.7 Å². The van der Waals surface area contributed by atoms with Crippen molar-refractivity contribution in [3.63, 3.8) is 0 Å². The number of amides is 2. The lowest BCUT2D eigenvalue weighted by molar-refractivity contribution is -0.138. The van der Waals surface area contributed by atoms with Crippen molar-refractivity contribution in [3.05, 3.63) is 64.7 Å². The first kappa shape index (κ1) is 22.7. The smallest absolute Gasteiger partial charge is 0.417 e. The van der Waals surface area contributed by atoms with Gasteiger partial charge in [0.05, 0.1) is 11.1 Å². The summed E-state index contributed by atoms with van der Waals surface area (Å²) in [5.41, 5.74) is 0.878. The van der Waals surface area contributed by atoms with Gasteiger partial charge in [-0.05, 0) is 55.7 Å². The van der Waals surface area contributed by atoms with E-state index in [1.807, 2.05) is 26.0 Å². The maximum absolute atomic E-state index is 13.3. The molecular formula is C23H25F3N2O3. The first-order valence-corrected chi connectivity index (χ1v) is 10.1. The SMILES string of the molecule is Cc1ccc(OCC(=O)N2CCCN(C(=O)c3ccccc3C(F)(F)F)CC2)cc1C. The van der Waals surface area contributed by atoms with Crippen LogP contribution in [0.4, 0.5) is 13.2 Å². The fourth-order valence-electron chi connectivity index (χ4n) is 3.50. The zero-order valence-corrected chi connectivity index (χ0v) is 17.5. The van der Waals surface area contributed by atoms with E-state index >= 15 is 0 Å². The number of benzene rings is 2. The van der Waals surface area contributed by atoms with Crippen molar-refractivity contribution in [3.8, 4) is 5.75 Å². The average molecular weight is 434 g/mol. The minimum Gasteiger partial charge on any atom is -0.484 e. The fourth-order valence-corrected chi connectivity index (χ4v) is 3.50. The van der Waals surface area contributed by atoms with Gasteiger partial charge in [-0.3, -0.25) is 9.59 Å². The van der Waals surface area contributed by atoms with Crippen LogP contribution >= 0.6 is 0 Å². The number of hydrogen-bond donors (Lipinski definition) is 0. The van der Waals surface area contributed by atoms with Gasteiger partial charge in [0.2, 0.25) is 0 Å². The van der Waals surface area contributed by atoms with Crippen LogP contribution in [0.2, 0.25) is 0 Å². The third-order valence-corrected chi connectivity index (χ3v) is 5.44. The number of hydrogen-bond acceptors (Lipinski definition) is 3. The summed E-state index contributed by atoms with van der Waals surface area (Å²) in [4.78, 5) is 28.3. The average Bonchev–Trinajstić information content (AvgIpc) is 2.99. The molecule has 2 aromatic rings. The lowest BCUT2D eigenvalue weighted by Gasteiger charge is -2.23. The highest BCUT2D eigenvalue weighted by Gasteiger charge is 2.36. The lowest BCUT2D eigenvalue weighted by Crippen LogP contribution is -2.39. The van der Waals surface area contributed by atoms with Gasteiger partial charge in [0.1, 0.15) is 5.75 Å². The molecule has 0 N–H and O–H groups in total. The van der Waals surface area contributed by atoms with Crippen LogP contribution in [0.15, 0.2) is 42.5 Å². The van der Waals surface area contributed by atoms with Crippen molar-refractivity contribution >= 4 is 11.8 Å². The molecule has 1 fully saturated rings.